The Morgan fingerprint density at radius 2 is 1.85 bits per heavy atom. The monoisotopic (exact) mass is 476 g/mol. The van der Waals surface area contributed by atoms with Crippen molar-refractivity contribution in [3.05, 3.63) is 72.1 Å². The van der Waals surface area contributed by atoms with E-state index in [1.807, 2.05) is 31.2 Å². The van der Waals surface area contributed by atoms with Crippen molar-refractivity contribution in [3.63, 3.8) is 0 Å². The lowest BCUT2D eigenvalue weighted by molar-refractivity contribution is -0.140. The number of methoxy groups -OCH3 is 1. The zero-order chi connectivity index (χ0) is 23.8. The van der Waals surface area contributed by atoms with Crippen LogP contribution in [-0.2, 0) is 22.1 Å². The molecule has 2 aromatic carbocycles. The van der Waals surface area contributed by atoms with E-state index in [0.29, 0.717) is 12.2 Å². The summed E-state index contributed by atoms with van der Waals surface area (Å²) in [5.74, 6) is 0.893. The third-order valence-corrected chi connectivity index (χ3v) is 5.74. The number of hydrogen-bond donors (Lipinski definition) is 0. The van der Waals surface area contributed by atoms with Gasteiger partial charge in [-0.25, -0.2) is 9.97 Å². The lowest BCUT2D eigenvalue weighted by Crippen LogP contribution is -2.14. The third-order valence-electron chi connectivity index (χ3n) is 4.71. The van der Waals surface area contributed by atoms with Crippen molar-refractivity contribution in [1.29, 1.82) is 0 Å². The van der Waals surface area contributed by atoms with Gasteiger partial charge in [0.2, 0.25) is 0 Å². The van der Waals surface area contributed by atoms with Gasteiger partial charge in [0.05, 0.1) is 30.8 Å². The molecule has 0 aliphatic rings. The molecule has 1 atom stereocenters. The molecule has 0 saturated carbocycles. The van der Waals surface area contributed by atoms with Crippen LogP contribution in [0.25, 0.3) is 11.4 Å². The number of carbonyl (C=O) groups is 1. The van der Waals surface area contributed by atoms with Crippen LogP contribution in [0.2, 0.25) is 0 Å². The van der Waals surface area contributed by atoms with Gasteiger partial charge in [-0.2, -0.15) is 13.2 Å². The van der Waals surface area contributed by atoms with E-state index in [-0.39, 0.29) is 29.9 Å². The minimum absolute atomic E-state index is 0.169. The van der Waals surface area contributed by atoms with Crippen molar-refractivity contribution < 1.29 is 27.4 Å². The molecule has 0 radical (unpaired) electrons. The second-order valence-corrected chi connectivity index (χ2v) is 8.42. The molecule has 0 spiro atoms. The second kappa shape index (κ2) is 11.2. The Hall–Kier alpha value is -3.07. The first-order valence-corrected chi connectivity index (χ1v) is 11.2. The zero-order valence-corrected chi connectivity index (χ0v) is 18.9. The summed E-state index contributed by atoms with van der Waals surface area (Å²) < 4.78 is 50.3. The largest absolute Gasteiger partial charge is 0.490 e. The molecule has 0 N–H and O–H groups in total. The van der Waals surface area contributed by atoms with Crippen molar-refractivity contribution in [2.45, 2.75) is 36.9 Å². The molecule has 9 heteroatoms. The molecule has 0 unspecified atom stereocenters. The Kier molecular flexibility index (Phi) is 8.32. The van der Waals surface area contributed by atoms with Crippen molar-refractivity contribution in [2.75, 3.05) is 12.9 Å². The normalized spacial score (nSPS) is 12.3. The lowest BCUT2D eigenvalue weighted by atomic mass is 10.1. The topological polar surface area (TPSA) is 61.3 Å². The molecule has 1 aromatic heterocycles. The Balaban J connectivity index is 1.65. The first-order valence-electron chi connectivity index (χ1n) is 10.2. The number of rotatable bonds is 9. The van der Waals surface area contributed by atoms with E-state index in [2.05, 4.69) is 9.97 Å². The summed E-state index contributed by atoms with van der Waals surface area (Å²) >= 11 is 1.61. The quantitative estimate of drug-likeness (QED) is 0.286. The molecule has 0 aliphatic carbocycles. The van der Waals surface area contributed by atoms with Crippen LogP contribution >= 0.6 is 11.8 Å². The SMILES string of the molecule is COC(=O)Cc1cccc(SCC[C@@H](C)Oc2ccc(C(F)(F)F)cc2-c2ncccn2)c1. The minimum Gasteiger partial charge on any atom is -0.490 e. The third kappa shape index (κ3) is 7.21. The van der Waals surface area contributed by atoms with Gasteiger partial charge < -0.3 is 9.47 Å². The number of nitrogens with zero attached hydrogens (tertiary/aromatic N) is 2. The van der Waals surface area contributed by atoms with Crippen LogP contribution in [0.3, 0.4) is 0 Å². The maximum Gasteiger partial charge on any atom is 0.416 e. The van der Waals surface area contributed by atoms with Gasteiger partial charge in [0.25, 0.3) is 0 Å². The van der Waals surface area contributed by atoms with Gasteiger partial charge >= 0.3 is 12.1 Å². The van der Waals surface area contributed by atoms with Gasteiger partial charge in [-0.05, 0) is 55.3 Å². The summed E-state index contributed by atoms with van der Waals surface area (Å²) in [6.07, 6.45) is -0.922. The highest BCUT2D eigenvalue weighted by atomic mass is 32.2. The van der Waals surface area contributed by atoms with E-state index >= 15 is 0 Å². The van der Waals surface area contributed by atoms with Gasteiger partial charge in [-0.1, -0.05) is 12.1 Å². The fourth-order valence-corrected chi connectivity index (χ4v) is 4.12. The number of esters is 1. The Morgan fingerprint density at radius 1 is 1.09 bits per heavy atom. The molecule has 0 saturated heterocycles. The Morgan fingerprint density at radius 3 is 2.55 bits per heavy atom. The molecule has 0 fully saturated rings. The number of halogens is 3. The van der Waals surface area contributed by atoms with Crippen LogP contribution in [0.15, 0.2) is 65.8 Å². The van der Waals surface area contributed by atoms with Crippen LogP contribution in [0.4, 0.5) is 13.2 Å². The molecule has 33 heavy (non-hydrogen) atoms. The van der Waals surface area contributed by atoms with Gasteiger partial charge in [0, 0.05) is 23.0 Å². The lowest BCUT2D eigenvalue weighted by Gasteiger charge is -2.18. The molecule has 3 aromatic rings. The number of benzene rings is 2. The fraction of sp³-hybridized carbons (Fsp3) is 0.292. The van der Waals surface area contributed by atoms with Gasteiger partial charge in [-0.3, -0.25) is 4.79 Å². The zero-order valence-electron chi connectivity index (χ0n) is 18.1. The van der Waals surface area contributed by atoms with Crippen LogP contribution in [0, 0.1) is 0 Å². The number of ether oxygens (including phenoxy) is 2. The molecule has 0 aliphatic heterocycles. The van der Waals surface area contributed by atoms with E-state index in [4.69, 9.17) is 9.47 Å². The van der Waals surface area contributed by atoms with E-state index in [1.165, 1.54) is 25.6 Å². The maximum absolute atomic E-state index is 13.2. The summed E-state index contributed by atoms with van der Waals surface area (Å²) in [5, 5.41) is 0. The highest BCUT2D eigenvalue weighted by molar-refractivity contribution is 7.99. The van der Waals surface area contributed by atoms with Crippen LogP contribution < -0.4 is 4.74 Å². The van der Waals surface area contributed by atoms with Crippen molar-refractivity contribution in [2.24, 2.45) is 0 Å². The summed E-state index contributed by atoms with van der Waals surface area (Å²) in [4.78, 5) is 20.6. The van der Waals surface area contributed by atoms with E-state index in [1.54, 1.807) is 17.8 Å². The maximum atomic E-state index is 13.2. The average molecular weight is 477 g/mol. The highest BCUT2D eigenvalue weighted by Crippen LogP contribution is 2.36. The fourth-order valence-electron chi connectivity index (χ4n) is 3.02. The molecule has 3 rings (SSSR count). The Bertz CT molecular complexity index is 1080. The van der Waals surface area contributed by atoms with Gasteiger partial charge in [0.1, 0.15) is 5.75 Å². The first-order chi connectivity index (χ1) is 15.8. The molecule has 1 heterocycles. The van der Waals surface area contributed by atoms with Crippen molar-refractivity contribution >= 4 is 17.7 Å². The summed E-state index contributed by atoms with van der Waals surface area (Å²) in [6.45, 7) is 1.86. The van der Waals surface area contributed by atoms with Gasteiger partial charge in [-0.15, -0.1) is 11.8 Å². The Labute approximate surface area is 194 Å². The summed E-state index contributed by atoms with van der Waals surface area (Å²) in [5.41, 5.74) is 0.279. The van der Waals surface area contributed by atoms with Crippen LogP contribution in [0.5, 0.6) is 5.75 Å². The first kappa shape index (κ1) is 24.6. The van der Waals surface area contributed by atoms with E-state index in [0.717, 1.165) is 28.3 Å². The predicted octanol–water partition coefficient (Wildman–Crippen LogP) is 5.83. The molecule has 0 bridgehead atoms. The highest BCUT2D eigenvalue weighted by Gasteiger charge is 2.31. The number of aromatic nitrogens is 2. The predicted molar refractivity (Wildman–Crippen MR) is 120 cm³/mol. The summed E-state index contributed by atoms with van der Waals surface area (Å²) in [6, 6.07) is 12.6. The molecule has 5 nitrogen and oxygen atoms in total. The average Bonchev–Trinajstić information content (AvgIpc) is 2.79. The van der Waals surface area contributed by atoms with Crippen molar-refractivity contribution in [1.82, 2.24) is 9.97 Å². The van der Waals surface area contributed by atoms with E-state index in [9.17, 15) is 18.0 Å². The summed E-state index contributed by atoms with van der Waals surface area (Å²) in [7, 11) is 1.36. The van der Waals surface area contributed by atoms with Crippen LogP contribution in [-0.4, -0.2) is 34.9 Å². The second-order valence-electron chi connectivity index (χ2n) is 7.25. The molecular formula is C24H23F3N2O3S. The number of hydrogen-bond acceptors (Lipinski definition) is 6. The van der Waals surface area contributed by atoms with Crippen molar-refractivity contribution in [3.8, 4) is 17.1 Å². The number of alkyl halides is 3. The standard InChI is InChI=1S/C24H23F3N2O3S/c1-16(9-12-33-19-6-3-5-17(13-19)14-22(30)31-2)32-21-8-7-18(24(25,26)27)15-20(21)23-28-10-4-11-29-23/h3-8,10-11,13,15-16H,9,12,14H2,1-2H3/t16-/m1/s1. The molecular weight excluding hydrogens is 453 g/mol. The number of carbonyl (C=O) groups excluding carboxylic acids is 1. The number of thioether (sulfide) groups is 1. The minimum atomic E-state index is -4.48. The van der Waals surface area contributed by atoms with Gasteiger partial charge in [0.15, 0.2) is 5.82 Å². The smallest absolute Gasteiger partial charge is 0.416 e. The molecule has 0 amide bonds. The molecule has 174 valence electrons. The van der Waals surface area contributed by atoms with Crippen LogP contribution in [0.1, 0.15) is 24.5 Å². The van der Waals surface area contributed by atoms with E-state index < -0.39 is 11.7 Å².